The summed E-state index contributed by atoms with van der Waals surface area (Å²) in [5, 5.41) is 9.96. The van der Waals surface area contributed by atoms with E-state index >= 15 is 0 Å². The van der Waals surface area contributed by atoms with Gasteiger partial charge in [0.15, 0.2) is 0 Å². The van der Waals surface area contributed by atoms with Crippen LogP contribution in [0.25, 0.3) is 0 Å². The number of benzene rings is 2. The van der Waals surface area contributed by atoms with Crippen LogP contribution in [0.5, 0.6) is 17.2 Å². The summed E-state index contributed by atoms with van der Waals surface area (Å²) in [6, 6.07) is 8.39. The molecule has 0 spiro atoms. The SMILES string of the molecule is C=CC(=O)Nc1cc(Nc2cc(Nc3cc(OC)c(Cl)cc3Cl)ncn2)c(OC)cc1OCCN(CC)CCC. The van der Waals surface area contributed by atoms with Crippen molar-refractivity contribution in [2.45, 2.75) is 20.3 Å². The summed E-state index contributed by atoms with van der Waals surface area (Å²) in [5.41, 5.74) is 1.56. The molecule has 214 valence electrons. The zero-order chi connectivity index (χ0) is 29.1. The highest BCUT2D eigenvalue weighted by Gasteiger charge is 2.16. The van der Waals surface area contributed by atoms with Gasteiger partial charge < -0.3 is 35.1 Å². The lowest BCUT2D eigenvalue weighted by molar-refractivity contribution is -0.111. The Morgan fingerprint density at radius 2 is 1.60 bits per heavy atom. The maximum absolute atomic E-state index is 12.2. The minimum Gasteiger partial charge on any atom is -0.495 e. The van der Waals surface area contributed by atoms with E-state index in [9.17, 15) is 4.79 Å². The van der Waals surface area contributed by atoms with Crippen LogP contribution in [-0.4, -0.2) is 61.2 Å². The van der Waals surface area contributed by atoms with Crippen LogP contribution >= 0.6 is 23.2 Å². The second-order valence-corrected chi connectivity index (χ2v) is 9.34. The summed E-state index contributed by atoms with van der Waals surface area (Å²) in [6.45, 7) is 10.9. The molecule has 1 amide bonds. The highest BCUT2D eigenvalue weighted by molar-refractivity contribution is 6.37. The summed E-state index contributed by atoms with van der Waals surface area (Å²) >= 11 is 12.5. The highest BCUT2D eigenvalue weighted by Crippen LogP contribution is 2.39. The number of carbonyl (C=O) groups is 1. The molecule has 2 aromatic carbocycles. The smallest absolute Gasteiger partial charge is 0.247 e. The van der Waals surface area contributed by atoms with E-state index in [1.165, 1.54) is 19.5 Å². The van der Waals surface area contributed by atoms with E-state index in [1.807, 2.05) is 0 Å². The van der Waals surface area contributed by atoms with E-state index < -0.39 is 0 Å². The number of hydrogen-bond donors (Lipinski definition) is 3. The fourth-order valence-corrected chi connectivity index (χ4v) is 4.32. The molecule has 1 heterocycles. The van der Waals surface area contributed by atoms with E-state index in [0.29, 0.717) is 62.6 Å². The standard InChI is InChI=1S/C28H34Cl2N6O4/c1-6-9-36(8-3)10-11-40-25-15-24(39-5)21(13-22(25)35-28(37)7-2)34-27-16-26(31-17-32-27)33-20-14-23(38-4)19(30)12-18(20)29/h7,12-17H,2,6,8-11H2,1,3-5H3,(H,35,37)(H2,31,32,33,34). The van der Waals surface area contributed by atoms with Crippen LogP contribution in [0.4, 0.5) is 28.7 Å². The van der Waals surface area contributed by atoms with Gasteiger partial charge in [-0.15, -0.1) is 0 Å². The van der Waals surface area contributed by atoms with Gasteiger partial charge in [-0.1, -0.05) is 43.6 Å². The van der Waals surface area contributed by atoms with Gasteiger partial charge in [-0.05, 0) is 37.7 Å². The fourth-order valence-electron chi connectivity index (χ4n) is 3.81. The van der Waals surface area contributed by atoms with Crippen molar-refractivity contribution in [3.63, 3.8) is 0 Å². The number of nitrogens with zero attached hydrogens (tertiary/aromatic N) is 3. The Balaban J connectivity index is 1.86. The number of rotatable bonds is 15. The normalized spacial score (nSPS) is 10.7. The molecule has 3 aromatic rings. The van der Waals surface area contributed by atoms with Crippen LogP contribution in [-0.2, 0) is 4.79 Å². The van der Waals surface area contributed by atoms with Crippen LogP contribution in [0.15, 0.2) is 49.3 Å². The molecule has 0 radical (unpaired) electrons. The van der Waals surface area contributed by atoms with Gasteiger partial charge in [-0.2, -0.15) is 0 Å². The number of nitrogens with one attached hydrogen (secondary N) is 3. The van der Waals surface area contributed by atoms with Gasteiger partial charge >= 0.3 is 0 Å². The van der Waals surface area contributed by atoms with Crippen LogP contribution in [0.1, 0.15) is 20.3 Å². The lowest BCUT2D eigenvalue weighted by atomic mass is 10.2. The molecular formula is C28H34Cl2N6O4. The summed E-state index contributed by atoms with van der Waals surface area (Å²) in [6.07, 6.45) is 3.65. The van der Waals surface area contributed by atoms with Crippen molar-refractivity contribution in [1.29, 1.82) is 0 Å². The summed E-state index contributed by atoms with van der Waals surface area (Å²) < 4.78 is 17.0. The molecule has 3 rings (SSSR count). The van der Waals surface area contributed by atoms with Crippen molar-refractivity contribution in [3.8, 4) is 17.2 Å². The third kappa shape index (κ3) is 8.38. The van der Waals surface area contributed by atoms with E-state index in [2.05, 4.69) is 51.2 Å². The number of methoxy groups -OCH3 is 2. The average Bonchev–Trinajstić information content (AvgIpc) is 2.95. The molecule has 1 aromatic heterocycles. The average molecular weight is 590 g/mol. The summed E-state index contributed by atoms with van der Waals surface area (Å²) in [5.74, 6) is 1.99. The molecule has 0 bridgehead atoms. The van der Waals surface area contributed by atoms with E-state index in [4.69, 9.17) is 37.4 Å². The minimum absolute atomic E-state index is 0.370. The number of carbonyl (C=O) groups excluding carboxylic acids is 1. The molecule has 40 heavy (non-hydrogen) atoms. The zero-order valence-corrected chi connectivity index (χ0v) is 24.5. The van der Waals surface area contributed by atoms with Gasteiger partial charge in [0.1, 0.15) is 41.8 Å². The molecule has 0 saturated heterocycles. The van der Waals surface area contributed by atoms with Crippen molar-refractivity contribution < 1.29 is 19.0 Å². The Morgan fingerprint density at radius 3 is 2.23 bits per heavy atom. The first-order valence-corrected chi connectivity index (χ1v) is 13.5. The van der Waals surface area contributed by atoms with Crippen LogP contribution < -0.4 is 30.2 Å². The van der Waals surface area contributed by atoms with E-state index in [0.717, 1.165) is 26.1 Å². The third-order valence-corrected chi connectivity index (χ3v) is 6.44. The Hall–Kier alpha value is -3.73. The van der Waals surface area contributed by atoms with E-state index in [1.54, 1.807) is 37.4 Å². The predicted octanol–water partition coefficient (Wildman–Crippen LogP) is 6.52. The van der Waals surface area contributed by atoms with Crippen LogP contribution in [0.2, 0.25) is 10.0 Å². The Morgan fingerprint density at radius 1 is 0.900 bits per heavy atom. The third-order valence-electron chi connectivity index (χ3n) is 5.83. The van der Waals surface area contributed by atoms with Gasteiger partial charge in [-0.25, -0.2) is 9.97 Å². The molecule has 0 atom stereocenters. The van der Waals surface area contributed by atoms with Crippen molar-refractivity contribution in [3.05, 3.63) is 59.4 Å². The Kier molecular flexibility index (Phi) is 11.7. The second-order valence-electron chi connectivity index (χ2n) is 8.53. The largest absolute Gasteiger partial charge is 0.495 e. The topological polar surface area (TPSA) is 110 Å². The Labute approximate surface area is 244 Å². The highest BCUT2D eigenvalue weighted by atomic mass is 35.5. The zero-order valence-electron chi connectivity index (χ0n) is 23.0. The second kappa shape index (κ2) is 15.2. The minimum atomic E-state index is -0.370. The van der Waals surface area contributed by atoms with Gasteiger partial charge in [0.25, 0.3) is 0 Å². The molecule has 0 saturated carbocycles. The molecule has 10 nitrogen and oxygen atoms in total. The molecule has 0 fully saturated rings. The summed E-state index contributed by atoms with van der Waals surface area (Å²) in [7, 11) is 3.07. The number of likely N-dealkylation sites (N-methyl/N-ethyl adjacent to an activating group) is 1. The molecule has 3 N–H and O–H groups in total. The number of amides is 1. The maximum Gasteiger partial charge on any atom is 0.247 e. The van der Waals surface area contributed by atoms with Crippen molar-refractivity contribution in [1.82, 2.24) is 14.9 Å². The first kappa shape index (κ1) is 30.8. The first-order chi connectivity index (χ1) is 19.3. The molecule has 0 aliphatic heterocycles. The van der Waals surface area contributed by atoms with Crippen LogP contribution in [0.3, 0.4) is 0 Å². The van der Waals surface area contributed by atoms with Gasteiger partial charge in [0.2, 0.25) is 5.91 Å². The van der Waals surface area contributed by atoms with Crippen molar-refractivity contribution in [2.24, 2.45) is 0 Å². The van der Waals surface area contributed by atoms with Gasteiger partial charge in [-0.3, -0.25) is 4.79 Å². The first-order valence-electron chi connectivity index (χ1n) is 12.7. The van der Waals surface area contributed by atoms with Gasteiger partial charge in [0.05, 0.1) is 41.3 Å². The quantitative estimate of drug-likeness (QED) is 0.171. The monoisotopic (exact) mass is 588 g/mol. The number of halogens is 2. The maximum atomic E-state index is 12.2. The van der Waals surface area contributed by atoms with Gasteiger partial charge in [0, 0.05) is 24.7 Å². The van der Waals surface area contributed by atoms with Crippen molar-refractivity contribution in [2.75, 3.05) is 56.4 Å². The molecule has 12 heteroatoms. The lowest BCUT2D eigenvalue weighted by Crippen LogP contribution is -2.29. The number of aromatic nitrogens is 2. The number of anilines is 5. The van der Waals surface area contributed by atoms with E-state index in [-0.39, 0.29) is 5.91 Å². The van der Waals surface area contributed by atoms with Crippen LogP contribution in [0, 0.1) is 0 Å². The molecule has 0 unspecified atom stereocenters. The molecule has 0 aliphatic carbocycles. The molecule has 0 aliphatic rings. The molecular weight excluding hydrogens is 555 g/mol. The number of hydrogen-bond acceptors (Lipinski definition) is 9. The lowest BCUT2D eigenvalue weighted by Gasteiger charge is -2.21. The summed E-state index contributed by atoms with van der Waals surface area (Å²) in [4.78, 5) is 23.1. The number of ether oxygens (including phenoxy) is 3. The Bertz CT molecular complexity index is 1320. The fraction of sp³-hybridized carbons (Fsp3) is 0.321. The van der Waals surface area contributed by atoms with Crippen molar-refractivity contribution >= 4 is 57.8 Å². The predicted molar refractivity (Wildman–Crippen MR) is 161 cm³/mol.